The van der Waals surface area contributed by atoms with Gasteiger partial charge in [-0.25, -0.2) is 8.42 Å². The number of benzene rings is 2. The number of para-hydroxylation sites is 2. The largest absolute Gasteiger partial charge is 0.485 e. The molecule has 0 fully saturated rings. The molecule has 0 aliphatic carbocycles. The van der Waals surface area contributed by atoms with E-state index in [1.807, 2.05) is 10.6 Å². The Morgan fingerprint density at radius 2 is 2.07 bits per heavy atom. The van der Waals surface area contributed by atoms with Crippen molar-refractivity contribution in [2.24, 2.45) is 4.99 Å². The van der Waals surface area contributed by atoms with Crippen molar-refractivity contribution in [1.29, 1.82) is 0 Å². The van der Waals surface area contributed by atoms with Gasteiger partial charge in [-0.1, -0.05) is 29.5 Å². The van der Waals surface area contributed by atoms with Crippen molar-refractivity contribution in [2.75, 3.05) is 12.9 Å². The minimum Gasteiger partial charge on any atom is -0.485 e. The van der Waals surface area contributed by atoms with E-state index in [0.29, 0.717) is 27.5 Å². The van der Waals surface area contributed by atoms with Crippen LogP contribution in [0.15, 0.2) is 65.0 Å². The Morgan fingerprint density at radius 1 is 1.31 bits per heavy atom. The van der Waals surface area contributed by atoms with Gasteiger partial charge >= 0.3 is 0 Å². The van der Waals surface area contributed by atoms with Crippen molar-refractivity contribution >= 4 is 37.3 Å². The van der Waals surface area contributed by atoms with Crippen LogP contribution < -0.4 is 14.3 Å². The standard InChI is InChI=1S/C20H18N2O5S2/c1-3-10-22-14-9-8-13(29(2,24)25)11-18(14)28-20(22)21-19(23)17-12-26-15-6-4-5-7-16(15)27-17/h3-9,11,17H,1,10,12H2,2H3. The van der Waals surface area contributed by atoms with Crippen molar-refractivity contribution in [3.63, 3.8) is 0 Å². The Bertz CT molecular complexity index is 1290. The summed E-state index contributed by atoms with van der Waals surface area (Å²) in [7, 11) is -3.34. The molecule has 1 atom stereocenters. The van der Waals surface area contributed by atoms with E-state index in [4.69, 9.17) is 9.47 Å². The van der Waals surface area contributed by atoms with Crippen molar-refractivity contribution in [3.05, 3.63) is 59.9 Å². The van der Waals surface area contributed by atoms with Crippen LogP contribution in [0.1, 0.15) is 0 Å². The van der Waals surface area contributed by atoms with Crippen LogP contribution in [0.4, 0.5) is 0 Å². The Morgan fingerprint density at radius 3 is 2.79 bits per heavy atom. The van der Waals surface area contributed by atoms with Gasteiger partial charge in [0.05, 0.1) is 15.1 Å². The fourth-order valence-electron chi connectivity index (χ4n) is 2.98. The maximum atomic E-state index is 12.7. The van der Waals surface area contributed by atoms with Gasteiger partial charge in [0, 0.05) is 12.8 Å². The first-order valence-electron chi connectivity index (χ1n) is 8.78. The molecule has 150 valence electrons. The number of fused-ring (bicyclic) bond motifs is 2. The number of allylic oxidation sites excluding steroid dienone is 1. The maximum Gasteiger partial charge on any atom is 0.292 e. The fraction of sp³-hybridized carbons (Fsp3) is 0.200. The summed E-state index contributed by atoms with van der Waals surface area (Å²) in [5.74, 6) is 0.626. The highest BCUT2D eigenvalue weighted by Crippen LogP contribution is 2.31. The van der Waals surface area contributed by atoms with Crippen LogP contribution >= 0.6 is 11.3 Å². The lowest BCUT2D eigenvalue weighted by Gasteiger charge is -2.23. The second-order valence-corrected chi connectivity index (χ2v) is 9.52. The van der Waals surface area contributed by atoms with E-state index in [9.17, 15) is 13.2 Å². The summed E-state index contributed by atoms with van der Waals surface area (Å²) in [5, 5.41) is 0. The predicted molar refractivity (Wildman–Crippen MR) is 110 cm³/mol. The molecule has 29 heavy (non-hydrogen) atoms. The SMILES string of the molecule is C=CCn1c(=NC(=O)C2COc3ccccc3O2)sc2cc(S(C)(=O)=O)ccc21. The van der Waals surface area contributed by atoms with Gasteiger partial charge in [0.25, 0.3) is 5.91 Å². The minimum absolute atomic E-state index is 0.0733. The van der Waals surface area contributed by atoms with Gasteiger partial charge in [-0.2, -0.15) is 4.99 Å². The zero-order chi connectivity index (χ0) is 20.6. The average Bonchev–Trinajstić information content (AvgIpc) is 3.03. The van der Waals surface area contributed by atoms with E-state index < -0.39 is 21.8 Å². The van der Waals surface area contributed by atoms with E-state index >= 15 is 0 Å². The lowest BCUT2D eigenvalue weighted by atomic mass is 10.2. The molecule has 4 rings (SSSR count). The molecule has 1 aliphatic rings. The molecular formula is C20H18N2O5S2. The molecular weight excluding hydrogens is 412 g/mol. The quantitative estimate of drug-likeness (QED) is 0.594. The lowest BCUT2D eigenvalue weighted by Crippen LogP contribution is -2.36. The summed E-state index contributed by atoms with van der Waals surface area (Å²) >= 11 is 1.24. The van der Waals surface area contributed by atoms with Crippen LogP contribution in [0.5, 0.6) is 11.5 Å². The molecule has 1 aliphatic heterocycles. The highest BCUT2D eigenvalue weighted by Gasteiger charge is 2.27. The molecule has 0 radical (unpaired) electrons. The number of sulfone groups is 1. The lowest BCUT2D eigenvalue weighted by molar-refractivity contribution is -0.127. The van der Waals surface area contributed by atoms with Crippen LogP contribution in [-0.4, -0.2) is 37.9 Å². The number of aromatic nitrogens is 1. The molecule has 9 heteroatoms. The van der Waals surface area contributed by atoms with E-state index in [1.54, 1.807) is 42.5 Å². The number of carbonyl (C=O) groups is 1. The van der Waals surface area contributed by atoms with E-state index in [1.165, 1.54) is 11.3 Å². The van der Waals surface area contributed by atoms with Crippen LogP contribution in [0.2, 0.25) is 0 Å². The highest BCUT2D eigenvalue weighted by molar-refractivity contribution is 7.90. The molecule has 0 spiro atoms. The normalized spacial score (nSPS) is 16.7. The molecule has 7 nitrogen and oxygen atoms in total. The average molecular weight is 431 g/mol. The van der Waals surface area contributed by atoms with Gasteiger partial charge in [-0.05, 0) is 30.3 Å². The number of amides is 1. The van der Waals surface area contributed by atoms with Crippen LogP contribution in [0.3, 0.4) is 0 Å². The molecule has 1 aromatic heterocycles. The van der Waals surface area contributed by atoms with Crippen molar-refractivity contribution in [3.8, 4) is 11.5 Å². The molecule has 0 saturated carbocycles. The van der Waals surface area contributed by atoms with Gasteiger partial charge in [-0.15, -0.1) is 6.58 Å². The molecule has 2 aromatic carbocycles. The second kappa shape index (κ2) is 7.49. The van der Waals surface area contributed by atoms with Gasteiger partial charge in [0.15, 0.2) is 26.1 Å². The summed E-state index contributed by atoms with van der Waals surface area (Å²) in [5.41, 5.74) is 0.778. The number of carbonyl (C=O) groups excluding carboxylic acids is 1. The minimum atomic E-state index is -3.34. The summed E-state index contributed by atoms with van der Waals surface area (Å²) in [6.45, 7) is 4.25. The second-order valence-electron chi connectivity index (χ2n) is 6.50. The number of nitrogens with zero attached hydrogens (tertiary/aromatic N) is 2. The summed E-state index contributed by atoms with van der Waals surface area (Å²) in [6, 6.07) is 12.0. The third kappa shape index (κ3) is 3.83. The molecule has 2 heterocycles. The zero-order valence-corrected chi connectivity index (χ0v) is 17.2. The molecule has 3 aromatic rings. The first-order chi connectivity index (χ1) is 13.9. The van der Waals surface area contributed by atoms with Crippen molar-refractivity contribution in [2.45, 2.75) is 17.5 Å². The summed E-state index contributed by atoms with van der Waals surface area (Å²) in [6.07, 6.45) is 2.00. The Labute approximate surface area is 171 Å². The third-order valence-corrected chi connectivity index (χ3v) is 6.54. The van der Waals surface area contributed by atoms with Gasteiger partial charge in [0.1, 0.15) is 6.61 Å². The zero-order valence-electron chi connectivity index (χ0n) is 15.6. The first kappa shape index (κ1) is 19.4. The van der Waals surface area contributed by atoms with Gasteiger partial charge < -0.3 is 14.0 Å². The van der Waals surface area contributed by atoms with E-state index in [-0.39, 0.29) is 11.5 Å². The first-order valence-corrected chi connectivity index (χ1v) is 11.5. The Balaban J connectivity index is 1.74. The number of rotatable bonds is 4. The van der Waals surface area contributed by atoms with Crippen LogP contribution in [-0.2, 0) is 21.2 Å². The number of ether oxygens (including phenoxy) is 2. The van der Waals surface area contributed by atoms with Crippen LogP contribution in [0, 0.1) is 0 Å². The van der Waals surface area contributed by atoms with Crippen LogP contribution in [0.25, 0.3) is 10.2 Å². The number of hydrogen-bond acceptors (Lipinski definition) is 6. The number of hydrogen-bond donors (Lipinski definition) is 0. The predicted octanol–water partition coefficient (Wildman–Crippen LogP) is 2.56. The Hall–Kier alpha value is -2.91. The molecule has 0 bridgehead atoms. The van der Waals surface area contributed by atoms with Crippen molar-refractivity contribution < 1.29 is 22.7 Å². The number of thiazole rings is 1. The monoisotopic (exact) mass is 430 g/mol. The molecule has 0 N–H and O–H groups in total. The summed E-state index contributed by atoms with van der Waals surface area (Å²) < 4.78 is 37.6. The Kier molecular flexibility index (Phi) is 5.01. The van der Waals surface area contributed by atoms with E-state index in [0.717, 1.165) is 11.8 Å². The maximum absolute atomic E-state index is 12.7. The molecule has 0 saturated heterocycles. The smallest absolute Gasteiger partial charge is 0.292 e. The third-order valence-electron chi connectivity index (χ3n) is 4.38. The van der Waals surface area contributed by atoms with E-state index in [2.05, 4.69) is 11.6 Å². The van der Waals surface area contributed by atoms with Crippen molar-refractivity contribution in [1.82, 2.24) is 4.57 Å². The highest BCUT2D eigenvalue weighted by atomic mass is 32.2. The molecule has 1 amide bonds. The summed E-state index contributed by atoms with van der Waals surface area (Å²) in [4.78, 5) is 17.6. The van der Waals surface area contributed by atoms with Gasteiger partial charge in [0.2, 0.25) is 6.10 Å². The fourth-order valence-corrected chi connectivity index (χ4v) is 4.79. The van der Waals surface area contributed by atoms with Gasteiger partial charge in [-0.3, -0.25) is 4.79 Å². The topological polar surface area (TPSA) is 87.0 Å². The molecule has 1 unspecified atom stereocenters.